The average molecular weight is 221 g/mol. The van der Waals surface area contributed by atoms with Crippen LogP contribution in [0.25, 0.3) is 0 Å². The SMILES string of the molecule is COc1ccncc1CCN1CCNCC1. The minimum Gasteiger partial charge on any atom is -0.496 e. The fourth-order valence-electron chi connectivity index (χ4n) is 2.01. The molecule has 1 saturated heterocycles. The molecule has 0 atom stereocenters. The monoisotopic (exact) mass is 221 g/mol. The first-order chi connectivity index (χ1) is 7.90. The molecule has 2 heterocycles. The highest BCUT2D eigenvalue weighted by atomic mass is 16.5. The Kier molecular flexibility index (Phi) is 4.13. The highest BCUT2D eigenvalue weighted by Crippen LogP contribution is 2.16. The Balaban J connectivity index is 1.88. The molecular weight excluding hydrogens is 202 g/mol. The fraction of sp³-hybridized carbons (Fsp3) is 0.583. The van der Waals surface area contributed by atoms with Crippen LogP contribution in [0, 0.1) is 0 Å². The topological polar surface area (TPSA) is 37.4 Å². The van der Waals surface area contributed by atoms with E-state index in [4.69, 9.17) is 4.74 Å². The summed E-state index contributed by atoms with van der Waals surface area (Å²) < 4.78 is 5.31. The molecule has 1 N–H and O–H groups in total. The van der Waals surface area contributed by atoms with E-state index in [1.807, 2.05) is 12.3 Å². The van der Waals surface area contributed by atoms with Crippen molar-refractivity contribution in [1.82, 2.24) is 15.2 Å². The van der Waals surface area contributed by atoms with Gasteiger partial charge in [0.25, 0.3) is 0 Å². The molecule has 16 heavy (non-hydrogen) atoms. The highest BCUT2D eigenvalue weighted by molar-refractivity contribution is 5.30. The highest BCUT2D eigenvalue weighted by Gasteiger charge is 2.10. The van der Waals surface area contributed by atoms with Gasteiger partial charge in [-0.15, -0.1) is 0 Å². The minimum atomic E-state index is 0.949. The van der Waals surface area contributed by atoms with E-state index in [-0.39, 0.29) is 0 Å². The summed E-state index contributed by atoms with van der Waals surface area (Å²) in [5.74, 6) is 0.949. The number of aromatic nitrogens is 1. The average Bonchev–Trinajstić information content (AvgIpc) is 2.38. The van der Waals surface area contributed by atoms with Crippen molar-refractivity contribution in [2.24, 2.45) is 0 Å². The van der Waals surface area contributed by atoms with Crippen LogP contribution in [0.5, 0.6) is 5.75 Å². The molecular formula is C12H19N3O. The van der Waals surface area contributed by atoms with Gasteiger partial charge in [0.15, 0.2) is 0 Å². The zero-order chi connectivity index (χ0) is 11.2. The molecule has 1 aliphatic rings. The van der Waals surface area contributed by atoms with Gasteiger partial charge in [-0.2, -0.15) is 0 Å². The van der Waals surface area contributed by atoms with Crippen molar-refractivity contribution in [2.45, 2.75) is 6.42 Å². The van der Waals surface area contributed by atoms with E-state index in [9.17, 15) is 0 Å². The molecule has 1 aromatic heterocycles. The summed E-state index contributed by atoms with van der Waals surface area (Å²) in [6, 6.07) is 1.92. The summed E-state index contributed by atoms with van der Waals surface area (Å²) in [5, 5.41) is 3.36. The van der Waals surface area contributed by atoms with Gasteiger partial charge in [0.05, 0.1) is 7.11 Å². The third kappa shape index (κ3) is 2.93. The second-order valence-corrected chi connectivity index (χ2v) is 4.03. The molecule has 0 radical (unpaired) electrons. The largest absolute Gasteiger partial charge is 0.496 e. The zero-order valence-corrected chi connectivity index (χ0v) is 9.78. The third-order valence-electron chi connectivity index (χ3n) is 2.99. The van der Waals surface area contributed by atoms with E-state index >= 15 is 0 Å². The zero-order valence-electron chi connectivity index (χ0n) is 9.78. The molecule has 0 saturated carbocycles. The summed E-state index contributed by atoms with van der Waals surface area (Å²) in [6.07, 6.45) is 4.69. The van der Waals surface area contributed by atoms with E-state index in [2.05, 4.69) is 15.2 Å². The van der Waals surface area contributed by atoms with Gasteiger partial charge in [0, 0.05) is 50.7 Å². The lowest BCUT2D eigenvalue weighted by Gasteiger charge is -2.27. The molecule has 1 aromatic rings. The van der Waals surface area contributed by atoms with Crippen molar-refractivity contribution in [3.05, 3.63) is 24.0 Å². The van der Waals surface area contributed by atoms with Crippen LogP contribution < -0.4 is 10.1 Å². The number of pyridine rings is 1. The maximum atomic E-state index is 5.31. The van der Waals surface area contributed by atoms with Gasteiger partial charge in [-0.3, -0.25) is 4.98 Å². The molecule has 0 bridgehead atoms. The second kappa shape index (κ2) is 5.82. The minimum absolute atomic E-state index is 0.949. The Hall–Kier alpha value is -1.13. The van der Waals surface area contributed by atoms with Crippen molar-refractivity contribution in [1.29, 1.82) is 0 Å². The first-order valence-electron chi connectivity index (χ1n) is 5.80. The number of hydrogen-bond donors (Lipinski definition) is 1. The molecule has 2 rings (SSSR count). The lowest BCUT2D eigenvalue weighted by Crippen LogP contribution is -2.44. The van der Waals surface area contributed by atoms with Crippen LogP contribution in [-0.2, 0) is 6.42 Å². The Labute approximate surface area is 96.6 Å². The predicted octanol–water partition coefficient (Wildman–Crippen LogP) is 0.538. The number of rotatable bonds is 4. The molecule has 88 valence electrons. The van der Waals surface area contributed by atoms with E-state index < -0.39 is 0 Å². The van der Waals surface area contributed by atoms with E-state index in [0.29, 0.717) is 0 Å². The molecule has 1 aliphatic heterocycles. The van der Waals surface area contributed by atoms with E-state index in [0.717, 1.165) is 44.9 Å². The summed E-state index contributed by atoms with van der Waals surface area (Å²) in [5.41, 5.74) is 1.20. The Morgan fingerprint density at radius 2 is 2.25 bits per heavy atom. The first-order valence-corrected chi connectivity index (χ1v) is 5.80. The van der Waals surface area contributed by atoms with Crippen LogP contribution in [0.3, 0.4) is 0 Å². The lowest BCUT2D eigenvalue weighted by atomic mass is 10.2. The van der Waals surface area contributed by atoms with Crippen LogP contribution in [0.4, 0.5) is 0 Å². The van der Waals surface area contributed by atoms with Crippen LogP contribution in [-0.4, -0.2) is 49.7 Å². The maximum absolute atomic E-state index is 5.31. The Morgan fingerprint density at radius 3 is 3.00 bits per heavy atom. The number of hydrogen-bond acceptors (Lipinski definition) is 4. The van der Waals surface area contributed by atoms with Crippen LogP contribution in [0.2, 0.25) is 0 Å². The number of nitrogens with one attached hydrogen (secondary N) is 1. The smallest absolute Gasteiger partial charge is 0.125 e. The predicted molar refractivity (Wildman–Crippen MR) is 63.8 cm³/mol. The van der Waals surface area contributed by atoms with Crippen molar-refractivity contribution >= 4 is 0 Å². The lowest BCUT2D eigenvalue weighted by molar-refractivity contribution is 0.243. The molecule has 0 aliphatic carbocycles. The van der Waals surface area contributed by atoms with Crippen molar-refractivity contribution < 1.29 is 4.74 Å². The molecule has 4 heteroatoms. The van der Waals surface area contributed by atoms with Crippen molar-refractivity contribution in [2.75, 3.05) is 39.8 Å². The molecule has 4 nitrogen and oxygen atoms in total. The molecule has 0 spiro atoms. The van der Waals surface area contributed by atoms with Gasteiger partial charge in [0.1, 0.15) is 5.75 Å². The first kappa shape index (κ1) is 11.4. The van der Waals surface area contributed by atoms with Gasteiger partial charge >= 0.3 is 0 Å². The summed E-state index contributed by atoms with van der Waals surface area (Å²) in [7, 11) is 1.71. The van der Waals surface area contributed by atoms with Crippen molar-refractivity contribution in [3.8, 4) is 5.75 Å². The molecule has 0 aromatic carbocycles. The molecule has 0 unspecified atom stereocenters. The maximum Gasteiger partial charge on any atom is 0.125 e. The quantitative estimate of drug-likeness (QED) is 0.805. The fourth-order valence-corrected chi connectivity index (χ4v) is 2.01. The standard InChI is InChI=1S/C12H19N3O/c1-16-12-2-4-14-10-11(12)3-7-15-8-5-13-6-9-15/h2,4,10,13H,3,5-9H2,1H3. The number of methoxy groups -OCH3 is 1. The van der Waals surface area contributed by atoms with Gasteiger partial charge < -0.3 is 15.0 Å². The van der Waals surface area contributed by atoms with Gasteiger partial charge in [-0.25, -0.2) is 0 Å². The molecule has 1 fully saturated rings. The van der Waals surface area contributed by atoms with E-state index in [1.54, 1.807) is 13.3 Å². The number of nitrogens with zero attached hydrogens (tertiary/aromatic N) is 2. The van der Waals surface area contributed by atoms with Gasteiger partial charge in [-0.1, -0.05) is 0 Å². The van der Waals surface area contributed by atoms with Crippen molar-refractivity contribution in [3.63, 3.8) is 0 Å². The Bertz CT molecular complexity index is 324. The number of piperazine rings is 1. The summed E-state index contributed by atoms with van der Waals surface area (Å²) in [4.78, 5) is 6.62. The van der Waals surface area contributed by atoms with Crippen LogP contribution >= 0.6 is 0 Å². The van der Waals surface area contributed by atoms with Gasteiger partial charge in [0.2, 0.25) is 0 Å². The Morgan fingerprint density at radius 1 is 1.44 bits per heavy atom. The van der Waals surface area contributed by atoms with Gasteiger partial charge in [-0.05, 0) is 12.5 Å². The summed E-state index contributed by atoms with van der Waals surface area (Å²) >= 11 is 0. The second-order valence-electron chi connectivity index (χ2n) is 4.03. The van der Waals surface area contributed by atoms with E-state index in [1.165, 1.54) is 5.56 Å². The molecule has 0 amide bonds. The number of ether oxygens (including phenoxy) is 1. The van der Waals surface area contributed by atoms with Crippen LogP contribution in [0.15, 0.2) is 18.5 Å². The normalized spacial score (nSPS) is 17.3. The third-order valence-corrected chi connectivity index (χ3v) is 2.99. The van der Waals surface area contributed by atoms with Crippen LogP contribution in [0.1, 0.15) is 5.56 Å². The summed E-state index contributed by atoms with van der Waals surface area (Å²) in [6.45, 7) is 5.57.